The maximum absolute atomic E-state index is 11.8. The average molecular weight is 1810 g/mol. The van der Waals surface area contributed by atoms with E-state index in [-0.39, 0.29) is 17.6 Å². The molecule has 0 radical (unpaired) electrons. The topological polar surface area (TPSA) is 128 Å². The molecule has 1 fully saturated rings. The van der Waals surface area contributed by atoms with Gasteiger partial charge in [0, 0.05) is 137 Å². The summed E-state index contributed by atoms with van der Waals surface area (Å²) in [7, 11) is 1.82. The van der Waals surface area contributed by atoms with Crippen molar-refractivity contribution in [1.82, 2.24) is 24.4 Å². The Balaban J connectivity index is 0.000000128. The Kier molecular flexibility index (Phi) is 32.2. The van der Waals surface area contributed by atoms with Gasteiger partial charge in [0.15, 0.2) is 16.1 Å². The number of likely N-dealkylation sites (N-methyl/N-ethyl adjacent to an activating group) is 2. The fraction of sp³-hybridized carbons (Fsp3) is 0.116. The number of Topliss-reactive ketones (excluding diaryl/α,β-unsaturated/α-hetero) is 1. The van der Waals surface area contributed by atoms with Gasteiger partial charge in [-0.3, -0.25) is 29.1 Å². The minimum Gasteiger partial charge on any atom is -0.457 e. The van der Waals surface area contributed by atoms with Gasteiger partial charge in [-0.25, -0.2) is 10.0 Å². The third-order valence-electron chi connectivity index (χ3n) is 22.0. The highest BCUT2D eigenvalue weighted by Gasteiger charge is 2.37. The third kappa shape index (κ3) is 22.1. The largest absolute Gasteiger partial charge is 0.457 e. The SMILES string of the molecule is C=C1C(=O)N(CC)C(=S)N1c1ccccc1.C=C1C=C(c2ccccc2)C=C(c2ccccc2)O1.C=C1C=CN(CC)C=C1.C=C1C=CN(CC)c2ccccc21.C=C1C=Cc2c(ccc3ccccc23)N1CC.C=C1N(C)N=NN1CC.C=C1SC(N(c2ccccc2)c2ccccc2)=NC1=O.C=C1Sc2ccccc2C1=O.C=c1sc2c3cccc4cccc(c=2n1CC)c43. The first-order chi connectivity index (χ1) is 64.1. The Morgan fingerprint density at radius 3 is 1.63 bits per heavy atom. The van der Waals surface area contributed by atoms with Gasteiger partial charge in [-0.1, -0.05) is 289 Å². The maximum Gasteiger partial charge on any atom is 0.285 e. The van der Waals surface area contributed by atoms with E-state index in [1.54, 1.807) is 19.8 Å². The van der Waals surface area contributed by atoms with Crippen molar-refractivity contribution in [2.75, 3.05) is 59.4 Å². The maximum atomic E-state index is 11.8. The zero-order valence-corrected chi connectivity index (χ0v) is 78.8. The van der Waals surface area contributed by atoms with E-state index in [1.165, 1.54) is 93.8 Å². The summed E-state index contributed by atoms with van der Waals surface area (Å²) in [6.45, 7) is 52.8. The van der Waals surface area contributed by atoms with Crippen LogP contribution in [0.2, 0.25) is 0 Å². The summed E-state index contributed by atoms with van der Waals surface area (Å²) in [6.07, 6.45) is 20.5. The van der Waals surface area contributed by atoms with E-state index in [2.05, 4.69) is 261 Å². The molecule has 0 unspecified atom stereocenters. The van der Waals surface area contributed by atoms with Crippen molar-refractivity contribution in [1.29, 1.82) is 0 Å². The van der Waals surface area contributed by atoms with Gasteiger partial charge in [0.1, 0.15) is 23.0 Å². The molecule has 0 spiro atoms. The van der Waals surface area contributed by atoms with Crippen molar-refractivity contribution in [3.63, 3.8) is 0 Å². The summed E-state index contributed by atoms with van der Waals surface area (Å²) in [4.78, 5) is 52.7. The molecule has 132 heavy (non-hydrogen) atoms. The summed E-state index contributed by atoms with van der Waals surface area (Å²) >= 11 is 9.84. The number of aromatic nitrogens is 1. The van der Waals surface area contributed by atoms with Crippen LogP contribution < -0.4 is 24.3 Å². The molecule has 2 amide bonds. The monoisotopic (exact) mass is 1810 g/mol. The number of ketones is 1. The summed E-state index contributed by atoms with van der Waals surface area (Å²) in [5.41, 5.74) is 15.7. The van der Waals surface area contributed by atoms with Crippen LogP contribution in [0.25, 0.3) is 61.9 Å². The lowest BCUT2D eigenvalue weighted by atomic mass is 9.98. The Labute approximate surface area is 792 Å². The van der Waals surface area contributed by atoms with Gasteiger partial charge in [0.25, 0.3) is 11.8 Å². The molecule has 662 valence electrons. The molecule has 20 heteroatoms. The van der Waals surface area contributed by atoms with E-state index >= 15 is 0 Å². The van der Waals surface area contributed by atoms with Crippen LogP contribution in [-0.4, -0.2) is 92.0 Å². The van der Waals surface area contributed by atoms with Crippen molar-refractivity contribution >= 4 is 165 Å². The molecular weight excluding hydrogens is 1710 g/mol. The lowest BCUT2D eigenvalue weighted by molar-refractivity contribution is -0.122. The van der Waals surface area contributed by atoms with E-state index in [0.717, 1.165) is 104 Å². The summed E-state index contributed by atoms with van der Waals surface area (Å²) in [5.74, 6) is 2.04. The molecule has 21 rings (SSSR count). The number of amidine groups is 1. The number of hydrogen-bond acceptors (Lipinski definition) is 16. The van der Waals surface area contributed by atoms with E-state index in [4.69, 9.17) is 17.0 Å². The van der Waals surface area contributed by atoms with Gasteiger partial charge in [-0.15, -0.1) is 11.3 Å². The number of nitrogens with zero attached hydrogens (tertiary/aromatic N) is 12. The van der Waals surface area contributed by atoms with Crippen molar-refractivity contribution in [2.24, 2.45) is 15.4 Å². The second-order valence-corrected chi connectivity index (χ2v) is 34.0. The Morgan fingerprint density at radius 2 is 1.05 bits per heavy atom. The first kappa shape index (κ1) is 94.7. The Hall–Kier alpha value is -14.9. The number of thioether (sulfide) groups is 2. The molecule has 0 N–H and O–H groups in total. The number of aliphatic imine (C=N–C) groups is 1. The number of amides is 2. The predicted molar refractivity (Wildman–Crippen MR) is 563 cm³/mol. The number of thiocarbonyl (C=S) groups is 1. The number of para-hydroxylation sites is 4. The zero-order valence-electron chi connectivity index (χ0n) is 75.5. The van der Waals surface area contributed by atoms with Gasteiger partial charge < -0.3 is 24.0 Å². The van der Waals surface area contributed by atoms with Crippen molar-refractivity contribution < 1.29 is 19.1 Å². The quantitative estimate of drug-likeness (QED) is 0.0900. The molecule has 0 bridgehead atoms. The van der Waals surface area contributed by atoms with Crippen LogP contribution in [0.4, 0.5) is 28.4 Å². The minimum atomic E-state index is -0.262. The minimum absolute atomic E-state index is 0.0746. The van der Waals surface area contributed by atoms with Crippen LogP contribution in [0.15, 0.2) is 439 Å². The molecule has 1 aliphatic carbocycles. The molecular formula is C112H106N12O4S4. The van der Waals surface area contributed by atoms with Gasteiger partial charge in [0.05, 0.1) is 24.4 Å². The lowest BCUT2D eigenvalue weighted by Gasteiger charge is -2.29. The standard InChI is InChI=1S/C18H14O.C16H12N2OS.C16H13NS.C16H15N.C12H12N2OS.C12H13N.C9H6OS.C8H11N.C5H10N4/c1-14-12-17(15-8-4-2-5-9-15)13-18(19-14)16-10-6-3-7-11-16;1-12-15(19)17-16(20-12)18(13-8-4-2-5-9-13)14-10-6-3-7-11-14;1-3-17-10(2)18-16-13-9-5-7-11-6-4-8-12(14(11)13)15(16)17;1-3-17-12(2)8-10-15-14-7-5-4-6-13(14)9-11-16(15)17;1-3-13-11(15)9(2)14(12(13)16)10-7-5-4-6-8-10;1-3-13-9-8-10(2)11-6-4-5-7-12(11)13;1-6-9(10)7-4-2-3-5-8(7)11-6;1-3-9-6-4-8(2)5-7-9;1-4-9-5(2)8(3)6-7-9/h2-13H,1H2;2-11H,1H2;4-9H,2-3H2,1H3;4-11H,2-3H2,1H3;4-8H,2-3H2,1H3;4-9H,2-3H2,1H3;2-5H,1H2;4-7H,2-3H2,1H3;2,4H2,1,3H3. The second-order valence-electron chi connectivity index (χ2n) is 30.4. The van der Waals surface area contributed by atoms with Crippen LogP contribution >= 0.6 is 47.1 Å². The molecule has 11 aromatic rings. The molecule has 10 aliphatic rings. The van der Waals surface area contributed by atoms with Crippen molar-refractivity contribution in [3.8, 4) is 0 Å². The number of anilines is 5. The van der Waals surface area contributed by atoms with Crippen LogP contribution in [0.3, 0.4) is 0 Å². The highest BCUT2D eigenvalue weighted by molar-refractivity contribution is 8.18. The van der Waals surface area contributed by atoms with Gasteiger partial charge in [-0.2, -0.15) is 4.99 Å². The first-order valence-electron chi connectivity index (χ1n) is 43.5. The zero-order chi connectivity index (χ0) is 93.5. The van der Waals surface area contributed by atoms with E-state index in [1.807, 2.05) is 232 Å². The first-order valence-corrected chi connectivity index (χ1v) is 46.4. The number of ether oxygens (including phenoxy) is 1. The molecule has 9 heterocycles. The predicted octanol–water partition coefficient (Wildman–Crippen LogP) is 27.2. The van der Waals surface area contributed by atoms with Crippen molar-refractivity contribution in [2.45, 2.75) is 53.0 Å². The second kappa shape index (κ2) is 44.9. The number of fused-ring (bicyclic) bond motifs is 7. The number of rotatable bonds is 11. The summed E-state index contributed by atoms with van der Waals surface area (Å²) < 4.78 is 10.6. The van der Waals surface area contributed by atoms with Crippen LogP contribution in [0.5, 0.6) is 0 Å². The molecule has 1 saturated heterocycles. The fourth-order valence-corrected chi connectivity index (χ4v) is 18.5. The molecule has 0 saturated carbocycles. The van der Waals surface area contributed by atoms with Crippen LogP contribution in [0, 0.1) is 9.88 Å². The van der Waals surface area contributed by atoms with Crippen LogP contribution in [-0.2, 0) is 20.9 Å². The van der Waals surface area contributed by atoms with Gasteiger partial charge in [-0.05, 0) is 217 Å². The molecule has 0 aromatic heterocycles. The summed E-state index contributed by atoms with van der Waals surface area (Å²) in [5, 5.41) is 21.5. The highest BCUT2D eigenvalue weighted by Crippen LogP contribution is 2.41. The van der Waals surface area contributed by atoms with Gasteiger partial charge in [0.2, 0.25) is 0 Å². The number of carbonyl (C=O) groups is 3. The number of allylic oxidation sites excluding steroid dienone is 10. The molecule has 16 nitrogen and oxygen atoms in total. The number of benzene rings is 11. The molecule has 0 atom stereocenters. The molecule has 9 aliphatic heterocycles. The summed E-state index contributed by atoms with van der Waals surface area (Å²) in [6, 6.07) is 91.6. The highest BCUT2D eigenvalue weighted by atomic mass is 32.2. The van der Waals surface area contributed by atoms with E-state index in [0.29, 0.717) is 38.1 Å². The lowest BCUT2D eigenvalue weighted by Crippen LogP contribution is -2.32. The third-order valence-corrected chi connectivity index (χ3v) is 25.4. The fourth-order valence-electron chi connectivity index (χ4n) is 15.2. The Bertz CT molecular complexity index is 6870. The van der Waals surface area contributed by atoms with E-state index < -0.39 is 0 Å². The average Bonchev–Trinajstić information content (AvgIpc) is 1.56. The number of carbonyl (C=O) groups excluding carboxylic acids is 3. The Morgan fingerprint density at radius 1 is 0.477 bits per heavy atom. The molecule has 11 aromatic carbocycles. The smallest absolute Gasteiger partial charge is 0.285 e. The number of hydrogen-bond donors (Lipinski definition) is 0. The van der Waals surface area contributed by atoms with Crippen molar-refractivity contribution in [3.05, 3.63) is 461 Å². The van der Waals surface area contributed by atoms with Crippen LogP contribution in [0.1, 0.15) is 74.2 Å². The van der Waals surface area contributed by atoms with E-state index in [9.17, 15) is 14.4 Å². The normalized spacial score (nSPS) is 14.8. The van der Waals surface area contributed by atoms with Gasteiger partial charge >= 0.3 is 0 Å².